The highest BCUT2D eigenvalue weighted by Crippen LogP contribution is 2.20. The molecule has 1 aromatic carbocycles. The number of morpholine rings is 1. The summed E-state index contributed by atoms with van der Waals surface area (Å²) in [7, 11) is 4.55. The number of carbonyl (C=O) groups is 1. The molecule has 0 spiro atoms. The summed E-state index contributed by atoms with van der Waals surface area (Å²) in [6, 6.07) is 7.95. The summed E-state index contributed by atoms with van der Waals surface area (Å²) < 4.78 is 10.7. The first-order chi connectivity index (χ1) is 10.7. The molecule has 0 saturated carbocycles. The zero-order valence-electron chi connectivity index (χ0n) is 13.4. The van der Waals surface area contributed by atoms with Gasteiger partial charge in [-0.3, -0.25) is 14.5 Å². The third-order valence-electron chi connectivity index (χ3n) is 3.84. The highest BCUT2D eigenvalue weighted by Gasteiger charge is 2.24. The molecule has 1 unspecified atom stereocenters. The molecule has 6 heteroatoms. The number of rotatable bonds is 6. The molecule has 6 nitrogen and oxygen atoms in total. The van der Waals surface area contributed by atoms with Crippen molar-refractivity contribution in [3.8, 4) is 0 Å². The minimum atomic E-state index is -0.651. The van der Waals surface area contributed by atoms with Crippen molar-refractivity contribution in [2.24, 2.45) is 0 Å². The topological polar surface area (TPSA) is 51.2 Å². The van der Waals surface area contributed by atoms with Crippen molar-refractivity contribution in [3.63, 3.8) is 0 Å². The molecular formula is C16H24N2O4. The molecule has 0 N–H and O–H groups in total. The highest BCUT2D eigenvalue weighted by atomic mass is 16.7. The summed E-state index contributed by atoms with van der Waals surface area (Å²) in [5, 5.41) is 1.18. The van der Waals surface area contributed by atoms with E-state index in [1.165, 1.54) is 24.8 Å². The second-order valence-corrected chi connectivity index (χ2v) is 5.26. The predicted octanol–water partition coefficient (Wildman–Crippen LogP) is 1.23. The Balaban J connectivity index is 2.01. The van der Waals surface area contributed by atoms with Crippen molar-refractivity contribution in [3.05, 3.63) is 35.4 Å². The van der Waals surface area contributed by atoms with E-state index in [0.717, 1.165) is 38.4 Å². The minimum absolute atomic E-state index is 0.231. The van der Waals surface area contributed by atoms with Gasteiger partial charge in [-0.1, -0.05) is 24.3 Å². The van der Waals surface area contributed by atoms with E-state index in [1.807, 2.05) is 24.3 Å². The van der Waals surface area contributed by atoms with Crippen LogP contribution in [-0.2, 0) is 25.7 Å². The zero-order valence-corrected chi connectivity index (χ0v) is 13.4. The van der Waals surface area contributed by atoms with Gasteiger partial charge in [0.1, 0.15) is 0 Å². The number of likely N-dealkylation sites (N-methyl/N-ethyl adjacent to an activating group) is 1. The second-order valence-electron chi connectivity index (χ2n) is 5.26. The molecule has 0 aromatic heterocycles. The van der Waals surface area contributed by atoms with Crippen molar-refractivity contribution in [1.29, 1.82) is 0 Å². The van der Waals surface area contributed by atoms with Crippen LogP contribution in [0.15, 0.2) is 24.3 Å². The Kier molecular flexibility index (Phi) is 6.33. The fourth-order valence-corrected chi connectivity index (χ4v) is 2.45. The molecule has 1 atom stereocenters. The Morgan fingerprint density at radius 2 is 1.91 bits per heavy atom. The second kappa shape index (κ2) is 8.24. The number of ether oxygens (including phenoxy) is 2. The monoisotopic (exact) mass is 308 g/mol. The van der Waals surface area contributed by atoms with Crippen LogP contribution in [0.4, 0.5) is 0 Å². The van der Waals surface area contributed by atoms with Crippen LogP contribution in [0, 0.1) is 0 Å². The fraction of sp³-hybridized carbons (Fsp3) is 0.562. The van der Waals surface area contributed by atoms with E-state index >= 15 is 0 Å². The molecule has 1 fully saturated rings. The normalized spacial score (nSPS) is 17.2. The van der Waals surface area contributed by atoms with E-state index < -0.39 is 6.10 Å². The van der Waals surface area contributed by atoms with Crippen molar-refractivity contribution in [2.75, 3.05) is 47.6 Å². The lowest BCUT2D eigenvalue weighted by molar-refractivity contribution is -0.179. The summed E-state index contributed by atoms with van der Waals surface area (Å²) in [5.41, 5.74) is 2.04. The molecule has 1 aliphatic rings. The van der Waals surface area contributed by atoms with Gasteiger partial charge in [-0.15, -0.1) is 0 Å². The SMILES string of the molecule is COC(C(=O)N(C)OC)c1ccc(CN2CCOCC2)cc1. The molecule has 1 amide bonds. The average Bonchev–Trinajstić information content (AvgIpc) is 2.57. The first-order valence-electron chi connectivity index (χ1n) is 7.39. The van der Waals surface area contributed by atoms with Gasteiger partial charge in [0, 0.05) is 33.8 Å². The van der Waals surface area contributed by atoms with Crippen LogP contribution in [0.3, 0.4) is 0 Å². The summed E-state index contributed by atoms with van der Waals surface area (Å²) in [6.45, 7) is 4.40. The van der Waals surface area contributed by atoms with Gasteiger partial charge in [-0.25, -0.2) is 5.06 Å². The quantitative estimate of drug-likeness (QED) is 0.740. The van der Waals surface area contributed by atoms with Gasteiger partial charge in [0.2, 0.25) is 0 Å². The van der Waals surface area contributed by atoms with Gasteiger partial charge in [0.05, 0.1) is 20.3 Å². The lowest BCUT2D eigenvalue weighted by Crippen LogP contribution is -2.35. The molecule has 2 rings (SSSR count). The van der Waals surface area contributed by atoms with Crippen LogP contribution in [0.1, 0.15) is 17.2 Å². The number of nitrogens with zero attached hydrogens (tertiary/aromatic N) is 2. The third kappa shape index (κ3) is 4.27. The number of methoxy groups -OCH3 is 1. The number of hydrogen-bond acceptors (Lipinski definition) is 5. The average molecular weight is 308 g/mol. The van der Waals surface area contributed by atoms with Crippen molar-refractivity contribution in [2.45, 2.75) is 12.6 Å². The Labute approximate surface area is 131 Å². The van der Waals surface area contributed by atoms with Gasteiger partial charge in [0.25, 0.3) is 5.91 Å². The standard InChI is InChI=1S/C16H24N2O4/c1-17(21-3)16(19)15(20-2)14-6-4-13(5-7-14)12-18-8-10-22-11-9-18/h4-7,15H,8-12H2,1-3H3. The van der Waals surface area contributed by atoms with E-state index in [1.54, 1.807) is 7.05 Å². The maximum absolute atomic E-state index is 12.2. The molecule has 122 valence electrons. The van der Waals surface area contributed by atoms with E-state index in [2.05, 4.69) is 4.90 Å². The van der Waals surface area contributed by atoms with E-state index in [9.17, 15) is 4.79 Å². The van der Waals surface area contributed by atoms with Gasteiger partial charge in [0.15, 0.2) is 6.10 Å². The van der Waals surface area contributed by atoms with E-state index in [0.29, 0.717) is 0 Å². The Bertz CT molecular complexity index is 472. The van der Waals surface area contributed by atoms with Gasteiger partial charge in [-0.05, 0) is 11.1 Å². The zero-order chi connectivity index (χ0) is 15.9. The maximum Gasteiger partial charge on any atom is 0.279 e. The predicted molar refractivity (Wildman–Crippen MR) is 82.1 cm³/mol. The van der Waals surface area contributed by atoms with E-state index in [-0.39, 0.29) is 5.91 Å². The molecule has 0 bridgehead atoms. The van der Waals surface area contributed by atoms with Gasteiger partial charge in [-0.2, -0.15) is 0 Å². The highest BCUT2D eigenvalue weighted by molar-refractivity contribution is 5.81. The Hall–Kier alpha value is -1.47. The molecule has 22 heavy (non-hydrogen) atoms. The van der Waals surface area contributed by atoms with Gasteiger partial charge < -0.3 is 9.47 Å². The Morgan fingerprint density at radius 3 is 2.45 bits per heavy atom. The molecular weight excluding hydrogens is 284 g/mol. The number of amides is 1. The lowest BCUT2D eigenvalue weighted by Gasteiger charge is -2.26. The lowest BCUT2D eigenvalue weighted by atomic mass is 10.1. The summed E-state index contributed by atoms with van der Waals surface area (Å²) >= 11 is 0. The smallest absolute Gasteiger partial charge is 0.279 e. The molecule has 1 aromatic rings. The minimum Gasteiger partial charge on any atom is -0.379 e. The maximum atomic E-state index is 12.2. The molecule has 0 radical (unpaired) electrons. The molecule has 1 saturated heterocycles. The summed E-state index contributed by atoms with van der Waals surface area (Å²) in [5.74, 6) is -0.231. The van der Waals surface area contributed by atoms with Crippen molar-refractivity contribution >= 4 is 5.91 Å². The van der Waals surface area contributed by atoms with Crippen LogP contribution in [0.2, 0.25) is 0 Å². The fourth-order valence-electron chi connectivity index (χ4n) is 2.45. The number of benzene rings is 1. The van der Waals surface area contributed by atoms with E-state index in [4.69, 9.17) is 14.3 Å². The summed E-state index contributed by atoms with van der Waals surface area (Å²) in [4.78, 5) is 19.4. The Morgan fingerprint density at radius 1 is 1.27 bits per heavy atom. The molecule has 1 aliphatic heterocycles. The van der Waals surface area contributed by atoms with Crippen molar-refractivity contribution < 1.29 is 19.1 Å². The van der Waals surface area contributed by atoms with Crippen molar-refractivity contribution in [1.82, 2.24) is 9.96 Å². The van der Waals surface area contributed by atoms with Crippen LogP contribution >= 0.6 is 0 Å². The summed E-state index contributed by atoms with van der Waals surface area (Å²) in [6.07, 6.45) is -0.651. The first kappa shape index (κ1) is 16.9. The first-order valence-corrected chi connectivity index (χ1v) is 7.39. The number of hydroxylamine groups is 2. The van der Waals surface area contributed by atoms with Crippen LogP contribution in [0.5, 0.6) is 0 Å². The molecule has 0 aliphatic carbocycles. The third-order valence-corrected chi connectivity index (χ3v) is 3.84. The number of hydrogen-bond donors (Lipinski definition) is 0. The van der Waals surface area contributed by atoms with Crippen LogP contribution in [0.25, 0.3) is 0 Å². The molecule has 1 heterocycles. The van der Waals surface area contributed by atoms with Gasteiger partial charge >= 0.3 is 0 Å². The largest absolute Gasteiger partial charge is 0.379 e. The number of carbonyl (C=O) groups excluding carboxylic acids is 1. The van der Waals surface area contributed by atoms with Crippen LogP contribution in [-0.4, -0.2) is 63.4 Å². The van der Waals surface area contributed by atoms with Crippen LogP contribution < -0.4 is 0 Å².